The fraction of sp³-hybridized carbons (Fsp3) is 0.0222. The number of hydrogen-bond donors (Lipinski definition) is 0. The predicted molar refractivity (Wildman–Crippen MR) is 395 cm³/mol. The highest BCUT2D eigenvalue weighted by molar-refractivity contribution is 6.14. The summed E-state index contributed by atoms with van der Waals surface area (Å²) in [7, 11) is 0. The van der Waals surface area contributed by atoms with Crippen LogP contribution in [0.1, 0.15) is 22.7 Å². The van der Waals surface area contributed by atoms with Crippen molar-refractivity contribution in [3.05, 3.63) is 357 Å². The number of benzene rings is 14. The summed E-state index contributed by atoms with van der Waals surface area (Å²) < 4.78 is 9.82. The molecule has 4 heterocycles. The lowest BCUT2D eigenvalue weighted by Crippen LogP contribution is -2.07. The maximum absolute atomic E-state index is 2.50. The van der Waals surface area contributed by atoms with Crippen molar-refractivity contribution in [2.75, 3.05) is 0 Å². The van der Waals surface area contributed by atoms with Gasteiger partial charge in [0.1, 0.15) is 0 Å². The lowest BCUT2D eigenvalue weighted by atomic mass is 9.86. The lowest BCUT2D eigenvalue weighted by molar-refractivity contribution is 0.826. The Morgan fingerprint density at radius 3 is 1.10 bits per heavy atom. The van der Waals surface area contributed by atoms with Gasteiger partial charge in [-0.05, 0) is 201 Å². The van der Waals surface area contributed by atoms with E-state index in [1.54, 1.807) is 0 Å². The number of rotatable bonds is 10. The summed E-state index contributed by atoms with van der Waals surface area (Å²) in [6, 6.07) is 123. The summed E-state index contributed by atoms with van der Waals surface area (Å²) in [6.07, 6.45) is 5.73. The molecule has 0 bridgehead atoms. The third kappa shape index (κ3) is 8.75. The van der Waals surface area contributed by atoms with E-state index in [1.165, 1.54) is 127 Å². The highest BCUT2D eigenvalue weighted by Gasteiger charge is 2.26. The monoisotopic (exact) mass is 1200 g/mol. The average Bonchev–Trinajstić information content (AvgIpc) is 1.60. The molecular weight excluding hydrogens is 1140 g/mol. The Bertz CT molecular complexity index is 6060. The van der Waals surface area contributed by atoms with Gasteiger partial charge < -0.3 is 18.3 Å². The fourth-order valence-corrected chi connectivity index (χ4v) is 15.5. The maximum atomic E-state index is 2.50. The van der Waals surface area contributed by atoms with Crippen LogP contribution >= 0.6 is 0 Å². The van der Waals surface area contributed by atoms with E-state index in [0.717, 1.165) is 51.2 Å². The molecule has 1 aliphatic carbocycles. The van der Waals surface area contributed by atoms with Gasteiger partial charge >= 0.3 is 0 Å². The fourth-order valence-electron chi connectivity index (χ4n) is 15.5. The average molecular weight is 1200 g/mol. The molecule has 14 aromatic carbocycles. The van der Waals surface area contributed by atoms with Crippen LogP contribution in [-0.4, -0.2) is 18.3 Å². The normalized spacial score (nSPS) is 13.1. The minimum Gasteiger partial charge on any atom is -0.310 e. The van der Waals surface area contributed by atoms with Crippen LogP contribution in [0.5, 0.6) is 0 Å². The van der Waals surface area contributed by atoms with E-state index in [2.05, 4.69) is 364 Å². The van der Waals surface area contributed by atoms with Crippen molar-refractivity contribution >= 4 is 82.4 Å². The molecule has 0 spiro atoms. The Kier molecular flexibility index (Phi) is 12.4. The van der Waals surface area contributed by atoms with Crippen LogP contribution in [0.3, 0.4) is 0 Å². The first-order chi connectivity index (χ1) is 46.6. The Morgan fingerprint density at radius 2 is 0.564 bits per heavy atom. The molecule has 0 saturated heterocycles. The summed E-state index contributed by atoms with van der Waals surface area (Å²) in [5.74, 6) is 0.221. The Balaban J connectivity index is 0.761. The summed E-state index contributed by atoms with van der Waals surface area (Å²) in [4.78, 5) is 0. The zero-order valence-corrected chi connectivity index (χ0v) is 51.5. The molecular formula is C90H60N4. The molecule has 18 aromatic rings. The van der Waals surface area contributed by atoms with Gasteiger partial charge in [0.25, 0.3) is 0 Å². The molecule has 0 fully saturated rings. The first kappa shape index (κ1) is 53.6. The Labute approximate surface area is 544 Å². The van der Waals surface area contributed by atoms with Crippen LogP contribution in [0.15, 0.2) is 340 Å². The van der Waals surface area contributed by atoms with Crippen LogP contribution in [0.4, 0.5) is 0 Å². The Morgan fingerprint density at radius 1 is 0.213 bits per heavy atom. The predicted octanol–water partition coefficient (Wildman–Crippen LogP) is 23.6. The van der Waals surface area contributed by atoms with Crippen LogP contribution in [0.2, 0.25) is 0 Å². The van der Waals surface area contributed by atoms with Gasteiger partial charge in [-0.15, -0.1) is 0 Å². The third-order valence-corrected chi connectivity index (χ3v) is 19.9. The molecule has 0 amide bonds. The van der Waals surface area contributed by atoms with Crippen molar-refractivity contribution < 1.29 is 0 Å². The molecule has 0 aliphatic heterocycles. The van der Waals surface area contributed by atoms with Crippen molar-refractivity contribution in [3.8, 4) is 78.4 Å². The first-order valence-corrected chi connectivity index (χ1v) is 32.6. The van der Waals surface area contributed by atoms with Crippen molar-refractivity contribution in [2.45, 2.75) is 12.3 Å². The number of fused-ring (bicyclic) bond motifs is 12. The number of hydrogen-bond acceptors (Lipinski definition) is 0. The third-order valence-electron chi connectivity index (χ3n) is 19.9. The zero-order valence-electron chi connectivity index (χ0n) is 51.5. The lowest BCUT2D eigenvalue weighted by Gasteiger charge is -2.20. The van der Waals surface area contributed by atoms with Crippen molar-refractivity contribution in [1.82, 2.24) is 18.3 Å². The minimum atomic E-state index is 0.221. The summed E-state index contributed by atoms with van der Waals surface area (Å²) >= 11 is 0. The van der Waals surface area contributed by atoms with Crippen LogP contribution in [0.25, 0.3) is 161 Å². The van der Waals surface area contributed by atoms with Crippen LogP contribution < -0.4 is 0 Å². The van der Waals surface area contributed by atoms with E-state index in [0.29, 0.717) is 0 Å². The molecule has 94 heavy (non-hydrogen) atoms. The quantitative estimate of drug-likeness (QED) is 0.130. The van der Waals surface area contributed by atoms with Crippen molar-refractivity contribution in [2.24, 2.45) is 0 Å². The Hall–Kier alpha value is -12.2. The highest BCUT2D eigenvalue weighted by Crippen LogP contribution is 2.45. The summed E-state index contributed by atoms with van der Waals surface area (Å²) in [6.45, 7) is 0. The highest BCUT2D eigenvalue weighted by atomic mass is 15.0. The molecule has 440 valence electrons. The van der Waals surface area contributed by atoms with E-state index < -0.39 is 0 Å². The number of para-hydroxylation sites is 4. The van der Waals surface area contributed by atoms with Gasteiger partial charge in [-0.1, -0.05) is 218 Å². The zero-order chi connectivity index (χ0) is 61.8. The smallest absolute Gasteiger partial charge is 0.0541 e. The molecule has 1 aliphatic rings. The van der Waals surface area contributed by atoms with Crippen molar-refractivity contribution in [3.63, 3.8) is 0 Å². The molecule has 1 atom stereocenters. The molecule has 19 rings (SSSR count). The minimum absolute atomic E-state index is 0.221. The van der Waals surface area contributed by atoms with Gasteiger partial charge in [-0.2, -0.15) is 0 Å². The van der Waals surface area contributed by atoms with E-state index in [4.69, 9.17) is 0 Å². The van der Waals surface area contributed by atoms with E-state index >= 15 is 0 Å². The molecule has 1 unspecified atom stereocenters. The SMILES string of the molecule is C1=CC(c2ccc3c(c2)c2ccccc2n3-c2cc(-c3ccccc3)cc(-c3ccc4c(c3)c3cc(-c5ccc6c(c5)c5ccccc5n6-c5cccc(-c6ccccc6)c5)ccc3n4-c3cccc(-c4ccccc4)c3)c2)Cc2c1n(-c1ccccc1)c1ccccc21. The van der Waals surface area contributed by atoms with Gasteiger partial charge in [0.15, 0.2) is 0 Å². The van der Waals surface area contributed by atoms with Gasteiger partial charge in [0.2, 0.25) is 0 Å². The summed E-state index contributed by atoms with van der Waals surface area (Å²) in [5.41, 5.74) is 28.6. The molecule has 0 saturated carbocycles. The number of nitrogens with zero attached hydrogens (tertiary/aromatic N) is 4. The maximum Gasteiger partial charge on any atom is 0.0541 e. The molecule has 0 N–H and O–H groups in total. The van der Waals surface area contributed by atoms with E-state index in [9.17, 15) is 0 Å². The molecule has 0 radical (unpaired) electrons. The second-order valence-corrected chi connectivity index (χ2v) is 25.2. The number of aromatic nitrogens is 4. The second kappa shape index (κ2) is 21.7. The molecule has 4 heteroatoms. The number of allylic oxidation sites excluding steroid dienone is 1. The van der Waals surface area contributed by atoms with Crippen LogP contribution in [-0.2, 0) is 6.42 Å². The van der Waals surface area contributed by atoms with Gasteiger partial charge in [-0.3, -0.25) is 0 Å². The van der Waals surface area contributed by atoms with Crippen molar-refractivity contribution in [1.29, 1.82) is 0 Å². The summed E-state index contributed by atoms with van der Waals surface area (Å²) in [5, 5.41) is 8.67. The second-order valence-electron chi connectivity index (χ2n) is 25.2. The van der Waals surface area contributed by atoms with Gasteiger partial charge in [0.05, 0.1) is 38.6 Å². The van der Waals surface area contributed by atoms with Gasteiger partial charge in [-0.25, -0.2) is 0 Å². The van der Waals surface area contributed by atoms with Crippen LogP contribution in [0, 0.1) is 0 Å². The topological polar surface area (TPSA) is 19.7 Å². The largest absolute Gasteiger partial charge is 0.310 e. The van der Waals surface area contributed by atoms with E-state index in [1.807, 2.05) is 0 Å². The molecule has 4 nitrogen and oxygen atoms in total. The van der Waals surface area contributed by atoms with Gasteiger partial charge in [0, 0.05) is 72.1 Å². The van der Waals surface area contributed by atoms with E-state index in [-0.39, 0.29) is 5.92 Å². The standard InChI is InChI=1S/C90H60N4/c1-5-21-59(22-6-1)62-27-19-31-72(50-62)92-84-37-17-14-34-76(84)79-55-66(40-45-87(79)92)67-42-47-89-81(57-67)82-58-68(43-48-90(82)93(89)73-32-20-28-63(51-73)60-23-7-2-8-24-60)70-49-69(61-25-9-3-10-26-61)52-74(53-70)94-85-38-18-15-35-77(85)80-56-65(41-46-88(80)94)64-39-44-86-78(54-64)75-33-13-16-36-83(75)91(86)71-29-11-4-12-30-71/h1-53,55-58,64H,54H2. The first-order valence-electron chi connectivity index (χ1n) is 32.6. The molecule has 4 aromatic heterocycles.